The van der Waals surface area contributed by atoms with E-state index >= 15 is 0 Å². The number of unbranched alkanes of at least 4 members (excludes halogenated alkanes) is 2. The minimum Gasteiger partial charge on any atom is -0.393 e. The van der Waals surface area contributed by atoms with Gasteiger partial charge >= 0.3 is 0 Å². The van der Waals surface area contributed by atoms with Crippen molar-refractivity contribution in [3.8, 4) is 0 Å². The second kappa shape index (κ2) is 6.97. The molecule has 0 unspecified atom stereocenters. The Bertz CT molecular complexity index is 433. The van der Waals surface area contributed by atoms with Gasteiger partial charge in [-0.15, -0.1) is 0 Å². The van der Waals surface area contributed by atoms with Gasteiger partial charge in [0.2, 0.25) is 0 Å². The molecule has 0 aliphatic carbocycles. The number of benzene rings is 1. The molecule has 5 heteroatoms. The molecule has 0 heterocycles. The molecule has 0 amide bonds. The third-order valence-corrected chi connectivity index (χ3v) is 3.17. The molecule has 1 aromatic carbocycles. The van der Waals surface area contributed by atoms with Crippen LogP contribution in [0.2, 0.25) is 0 Å². The number of nitrogen functional groups attached to an aromatic ring is 1. The van der Waals surface area contributed by atoms with E-state index < -0.39 is 4.92 Å². The molecular weight excluding hydrogens is 242 g/mol. The van der Waals surface area contributed by atoms with E-state index in [0.717, 1.165) is 18.7 Å². The minimum atomic E-state index is -0.449. The minimum absolute atomic E-state index is 0.0268. The molecule has 0 atom stereocenters. The van der Waals surface area contributed by atoms with Crippen LogP contribution in [0, 0.1) is 10.1 Å². The van der Waals surface area contributed by atoms with Gasteiger partial charge in [0.1, 0.15) is 5.69 Å². The second-order valence-electron chi connectivity index (χ2n) is 4.99. The van der Waals surface area contributed by atoms with Crippen molar-refractivity contribution < 1.29 is 4.92 Å². The lowest BCUT2D eigenvalue weighted by Gasteiger charge is -2.29. The van der Waals surface area contributed by atoms with Gasteiger partial charge in [-0.2, -0.15) is 0 Å². The Morgan fingerprint density at radius 3 is 2.53 bits per heavy atom. The highest BCUT2D eigenvalue weighted by atomic mass is 16.6. The molecule has 5 nitrogen and oxygen atoms in total. The summed E-state index contributed by atoms with van der Waals surface area (Å²) in [6.45, 7) is 7.35. The van der Waals surface area contributed by atoms with Gasteiger partial charge in [-0.25, -0.2) is 0 Å². The smallest absolute Gasteiger partial charge is 0.292 e. The Morgan fingerprint density at radius 1 is 1.37 bits per heavy atom. The number of anilines is 2. The Hall–Kier alpha value is -1.78. The van der Waals surface area contributed by atoms with Crippen LogP contribution in [-0.4, -0.2) is 17.5 Å². The maximum atomic E-state index is 10.8. The lowest BCUT2D eigenvalue weighted by Crippen LogP contribution is -2.31. The van der Waals surface area contributed by atoms with E-state index in [0.29, 0.717) is 6.04 Å². The van der Waals surface area contributed by atoms with Crippen LogP contribution in [-0.2, 0) is 0 Å². The number of hydrogen-bond donors (Lipinski definition) is 1. The van der Waals surface area contributed by atoms with Crippen LogP contribution in [0.5, 0.6) is 0 Å². The summed E-state index contributed by atoms with van der Waals surface area (Å²) in [6.07, 6.45) is 3.48. The van der Waals surface area contributed by atoms with Crippen molar-refractivity contribution >= 4 is 17.1 Å². The highest BCUT2D eigenvalue weighted by Crippen LogP contribution is 2.28. The maximum Gasteiger partial charge on any atom is 0.292 e. The topological polar surface area (TPSA) is 72.4 Å². The molecule has 1 aromatic rings. The zero-order chi connectivity index (χ0) is 14.4. The molecule has 0 bridgehead atoms. The quantitative estimate of drug-likeness (QED) is 0.354. The summed E-state index contributed by atoms with van der Waals surface area (Å²) in [5, 5.41) is 10.8. The number of rotatable bonds is 7. The van der Waals surface area contributed by atoms with Crippen molar-refractivity contribution in [1.29, 1.82) is 0 Å². The number of hydrogen-bond acceptors (Lipinski definition) is 4. The molecule has 19 heavy (non-hydrogen) atoms. The monoisotopic (exact) mass is 265 g/mol. The number of nitrogens with two attached hydrogens (primary N) is 1. The molecule has 0 saturated heterocycles. The summed E-state index contributed by atoms with van der Waals surface area (Å²) in [5.41, 5.74) is 6.90. The summed E-state index contributed by atoms with van der Waals surface area (Å²) >= 11 is 0. The van der Waals surface area contributed by atoms with Gasteiger partial charge in [0.05, 0.1) is 4.92 Å². The van der Waals surface area contributed by atoms with Crippen molar-refractivity contribution in [2.45, 2.75) is 46.1 Å². The average Bonchev–Trinajstić information content (AvgIpc) is 2.33. The largest absolute Gasteiger partial charge is 0.393 e. The average molecular weight is 265 g/mol. The predicted molar refractivity (Wildman–Crippen MR) is 79.5 cm³/mol. The van der Waals surface area contributed by atoms with E-state index in [2.05, 4.69) is 25.7 Å². The van der Waals surface area contributed by atoms with E-state index in [1.54, 1.807) is 12.1 Å². The lowest BCUT2D eigenvalue weighted by atomic mass is 10.1. The molecule has 2 N–H and O–H groups in total. The van der Waals surface area contributed by atoms with Crippen LogP contribution < -0.4 is 10.6 Å². The van der Waals surface area contributed by atoms with Crippen molar-refractivity contribution in [3.63, 3.8) is 0 Å². The van der Waals surface area contributed by atoms with Gasteiger partial charge in [-0.05, 0) is 32.4 Å². The first-order chi connectivity index (χ1) is 8.97. The van der Waals surface area contributed by atoms with Crippen LogP contribution >= 0.6 is 0 Å². The first-order valence-electron chi connectivity index (χ1n) is 6.78. The van der Waals surface area contributed by atoms with Crippen LogP contribution in [0.4, 0.5) is 17.1 Å². The third kappa shape index (κ3) is 4.12. The second-order valence-corrected chi connectivity index (χ2v) is 4.99. The number of nitrogens with zero attached hydrogens (tertiary/aromatic N) is 2. The fourth-order valence-corrected chi connectivity index (χ4v) is 2.10. The van der Waals surface area contributed by atoms with Crippen molar-refractivity contribution in [2.75, 3.05) is 17.2 Å². The first-order valence-corrected chi connectivity index (χ1v) is 6.78. The zero-order valence-electron chi connectivity index (χ0n) is 11.9. The van der Waals surface area contributed by atoms with Crippen LogP contribution in [0.15, 0.2) is 18.2 Å². The molecule has 0 radical (unpaired) electrons. The Kier molecular flexibility index (Phi) is 5.60. The molecule has 0 fully saturated rings. The van der Waals surface area contributed by atoms with Crippen LogP contribution in [0.25, 0.3) is 0 Å². The van der Waals surface area contributed by atoms with Crippen LogP contribution in [0.3, 0.4) is 0 Å². The third-order valence-electron chi connectivity index (χ3n) is 3.17. The van der Waals surface area contributed by atoms with E-state index in [-0.39, 0.29) is 11.4 Å². The Labute approximate surface area is 114 Å². The van der Waals surface area contributed by atoms with Crippen LogP contribution in [0.1, 0.15) is 40.0 Å². The fourth-order valence-electron chi connectivity index (χ4n) is 2.10. The summed E-state index contributed by atoms with van der Waals surface area (Å²) in [7, 11) is 0. The van der Waals surface area contributed by atoms with Gasteiger partial charge in [0.25, 0.3) is 5.69 Å². The van der Waals surface area contributed by atoms with E-state index in [1.807, 2.05) is 0 Å². The van der Waals surface area contributed by atoms with Crippen molar-refractivity contribution in [3.05, 3.63) is 28.3 Å². The van der Waals surface area contributed by atoms with Crippen molar-refractivity contribution in [2.24, 2.45) is 0 Å². The number of nitro benzene ring substituents is 1. The molecule has 106 valence electrons. The molecule has 0 saturated carbocycles. The summed E-state index contributed by atoms with van der Waals surface area (Å²) in [5.74, 6) is 0. The first kappa shape index (κ1) is 15.3. The highest BCUT2D eigenvalue weighted by molar-refractivity contribution is 5.66. The molecule has 0 aromatic heterocycles. The van der Waals surface area contributed by atoms with E-state index in [1.165, 1.54) is 18.9 Å². The molecule has 1 rings (SSSR count). The summed E-state index contributed by atoms with van der Waals surface area (Å²) in [6, 6.07) is 5.31. The normalized spacial score (nSPS) is 10.7. The highest BCUT2D eigenvalue weighted by Gasteiger charge is 2.15. The predicted octanol–water partition coefficient (Wildman–Crippen LogP) is 3.58. The Morgan fingerprint density at radius 2 is 2.05 bits per heavy atom. The van der Waals surface area contributed by atoms with Gasteiger partial charge in [0.15, 0.2) is 0 Å². The zero-order valence-corrected chi connectivity index (χ0v) is 11.9. The van der Waals surface area contributed by atoms with E-state index in [9.17, 15) is 10.1 Å². The molecule has 0 spiro atoms. The SMILES string of the molecule is CCCCCN(c1ccc([N+](=O)[O-])c(N)c1)C(C)C. The lowest BCUT2D eigenvalue weighted by molar-refractivity contribution is -0.383. The molecular formula is C14H23N3O2. The van der Waals surface area contributed by atoms with Gasteiger partial charge < -0.3 is 10.6 Å². The van der Waals surface area contributed by atoms with Crippen molar-refractivity contribution in [1.82, 2.24) is 0 Å². The van der Waals surface area contributed by atoms with Gasteiger partial charge in [0, 0.05) is 24.3 Å². The fraction of sp³-hybridized carbons (Fsp3) is 0.571. The molecule has 0 aliphatic heterocycles. The summed E-state index contributed by atoms with van der Waals surface area (Å²) in [4.78, 5) is 12.5. The van der Waals surface area contributed by atoms with E-state index in [4.69, 9.17) is 5.73 Å². The van der Waals surface area contributed by atoms with Gasteiger partial charge in [-0.1, -0.05) is 19.8 Å². The van der Waals surface area contributed by atoms with Gasteiger partial charge in [-0.3, -0.25) is 10.1 Å². The number of nitro groups is 1. The maximum absolute atomic E-state index is 10.8. The standard InChI is InChI=1S/C14H23N3O2/c1-4-5-6-9-16(11(2)3)12-7-8-14(17(18)19)13(15)10-12/h7-8,10-11H,4-6,9,15H2,1-3H3. The molecule has 0 aliphatic rings. The Balaban J connectivity index is 2.90. The summed E-state index contributed by atoms with van der Waals surface area (Å²) < 4.78 is 0.